The molecule has 0 bridgehead atoms. The van der Waals surface area contributed by atoms with E-state index in [9.17, 15) is 24.3 Å². The molecule has 5 rings (SSSR count). The molecule has 3 N–H and O–H groups in total. The number of aliphatic carboxylic acids is 1. The Hall–Kier alpha value is -4.67. The molecule has 0 saturated carbocycles. The molecule has 8 nitrogen and oxygen atoms in total. The molecule has 0 spiro atoms. The number of anilines is 2. The molecule has 4 aromatic rings. The molecule has 2 amide bonds. The van der Waals surface area contributed by atoms with E-state index in [1.54, 1.807) is 31.2 Å². The van der Waals surface area contributed by atoms with Crippen molar-refractivity contribution in [1.29, 1.82) is 0 Å². The van der Waals surface area contributed by atoms with Gasteiger partial charge in [-0.1, -0.05) is 78.9 Å². The standard InChI is InChI=1S/C35H32N2O6S2/c1-2-43-35(42)29-28(22-12-5-3-6-13-22)21-44-33(29)37-32(39)30(23-14-7-4-8-15-23)45-25-17-11-16-24(20-25)36-31(38)26-18-9-10-19-27(26)34(40)41/h3-17,20-21,26-27,30H,2,18-19H2,1H3,(H,36,38)(H,37,39)(H,40,41). The van der Waals surface area contributed by atoms with E-state index in [0.29, 0.717) is 34.7 Å². The van der Waals surface area contributed by atoms with E-state index < -0.39 is 29.0 Å². The molecule has 3 aromatic carbocycles. The zero-order chi connectivity index (χ0) is 31.8. The summed E-state index contributed by atoms with van der Waals surface area (Å²) in [5, 5.41) is 17.0. The summed E-state index contributed by atoms with van der Waals surface area (Å²) in [5.74, 6) is -3.65. The molecule has 1 aliphatic carbocycles. The maximum atomic E-state index is 14.0. The minimum Gasteiger partial charge on any atom is -0.481 e. The van der Waals surface area contributed by atoms with Gasteiger partial charge in [-0.05, 0) is 49.1 Å². The third-order valence-corrected chi connectivity index (χ3v) is 9.52. The predicted octanol–water partition coefficient (Wildman–Crippen LogP) is 7.67. The van der Waals surface area contributed by atoms with E-state index in [2.05, 4.69) is 10.6 Å². The first-order valence-corrected chi connectivity index (χ1v) is 16.3. The number of hydrogen-bond acceptors (Lipinski definition) is 7. The van der Waals surface area contributed by atoms with Crippen LogP contribution >= 0.6 is 23.1 Å². The maximum Gasteiger partial charge on any atom is 0.341 e. The summed E-state index contributed by atoms with van der Waals surface area (Å²) in [7, 11) is 0. The van der Waals surface area contributed by atoms with Gasteiger partial charge in [-0.25, -0.2) is 4.79 Å². The number of hydrogen-bond donors (Lipinski definition) is 3. The van der Waals surface area contributed by atoms with Crippen molar-refractivity contribution in [1.82, 2.24) is 0 Å². The number of carboxylic acid groups (broad SMARTS) is 1. The number of thioether (sulfide) groups is 1. The van der Waals surface area contributed by atoms with Crippen molar-refractivity contribution in [2.24, 2.45) is 11.8 Å². The Balaban J connectivity index is 1.39. The average Bonchev–Trinajstić information content (AvgIpc) is 3.48. The second kappa shape index (κ2) is 14.9. The minimum atomic E-state index is -0.992. The molecule has 0 radical (unpaired) electrons. The fourth-order valence-corrected chi connectivity index (χ4v) is 7.20. The van der Waals surface area contributed by atoms with Crippen LogP contribution < -0.4 is 10.6 Å². The van der Waals surface area contributed by atoms with E-state index >= 15 is 0 Å². The first kappa shape index (κ1) is 31.7. The highest BCUT2D eigenvalue weighted by molar-refractivity contribution is 8.00. The Bertz CT molecular complexity index is 1700. The van der Waals surface area contributed by atoms with Gasteiger partial charge in [0, 0.05) is 21.5 Å². The van der Waals surface area contributed by atoms with Crippen LogP contribution in [0.1, 0.15) is 40.9 Å². The van der Waals surface area contributed by atoms with Crippen molar-refractivity contribution in [2.45, 2.75) is 29.9 Å². The van der Waals surface area contributed by atoms with Crippen LogP contribution in [0.3, 0.4) is 0 Å². The van der Waals surface area contributed by atoms with E-state index in [0.717, 1.165) is 16.0 Å². The molecule has 3 unspecified atom stereocenters. The normalized spacial score (nSPS) is 16.4. The summed E-state index contributed by atoms with van der Waals surface area (Å²) in [6, 6.07) is 25.9. The number of ether oxygens (including phenoxy) is 1. The molecule has 230 valence electrons. The van der Waals surface area contributed by atoms with Crippen molar-refractivity contribution in [2.75, 3.05) is 17.2 Å². The highest BCUT2D eigenvalue weighted by Crippen LogP contribution is 2.40. The summed E-state index contributed by atoms with van der Waals surface area (Å²) in [6.45, 7) is 1.93. The zero-order valence-electron chi connectivity index (χ0n) is 24.5. The van der Waals surface area contributed by atoms with Gasteiger partial charge >= 0.3 is 11.9 Å². The highest BCUT2D eigenvalue weighted by atomic mass is 32.2. The van der Waals surface area contributed by atoms with E-state index in [-0.39, 0.29) is 18.4 Å². The van der Waals surface area contributed by atoms with Crippen LogP contribution in [0, 0.1) is 11.8 Å². The van der Waals surface area contributed by atoms with E-state index in [1.807, 2.05) is 78.2 Å². The molecule has 0 saturated heterocycles. The van der Waals surface area contributed by atoms with Crippen LogP contribution in [0.15, 0.2) is 107 Å². The third kappa shape index (κ3) is 7.71. The molecular weight excluding hydrogens is 609 g/mol. The molecule has 10 heteroatoms. The number of benzene rings is 3. The van der Waals surface area contributed by atoms with Gasteiger partial charge in [-0.2, -0.15) is 0 Å². The smallest absolute Gasteiger partial charge is 0.341 e. The van der Waals surface area contributed by atoms with Crippen molar-refractivity contribution in [3.63, 3.8) is 0 Å². The van der Waals surface area contributed by atoms with Crippen molar-refractivity contribution >= 4 is 57.5 Å². The number of carboxylic acids is 1. The van der Waals surface area contributed by atoms with Crippen LogP contribution in [0.2, 0.25) is 0 Å². The Morgan fingerprint density at radius 1 is 0.911 bits per heavy atom. The Morgan fingerprint density at radius 3 is 2.29 bits per heavy atom. The van der Waals surface area contributed by atoms with Crippen LogP contribution in [0.4, 0.5) is 10.7 Å². The lowest BCUT2D eigenvalue weighted by Gasteiger charge is -2.24. The van der Waals surface area contributed by atoms with Crippen LogP contribution in [-0.2, 0) is 19.1 Å². The molecular formula is C35H32N2O6S2. The molecule has 1 aromatic heterocycles. The molecule has 45 heavy (non-hydrogen) atoms. The molecule has 1 aliphatic rings. The number of amides is 2. The second-order valence-electron chi connectivity index (χ2n) is 10.3. The number of allylic oxidation sites excluding steroid dienone is 2. The Morgan fingerprint density at radius 2 is 1.60 bits per heavy atom. The number of esters is 1. The summed E-state index contributed by atoms with van der Waals surface area (Å²) < 4.78 is 5.36. The number of carbonyl (C=O) groups excluding carboxylic acids is 3. The van der Waals surface area contributed by atoms with Gasteiger partial charge < -0.3 is 20.5 Å². The minimum absolute atomic E-state index is 0.195. The summed E-state index contributed by atoms with van der Waals surface area (Å²) >= 11 is 2.56. The average molecular weight is 641 g/mol. The number of rotatable bonds is 11. The van der Waals surface area contributed by atoms with Gasteiger partial charge in [0.25, 0.3) is 0 Å². The fraction of sp³-hybridized carbons (Fsp3) is 0.200. The van der Waals surface area contributed by atoms with Gasteiger partial charge in [-0.15, -0.1) is 23.1 Å². The van der Waals surface area contributed by atoms with Crippen LogP contribution in [0.25, 0.3) is 11.1 Å². The highest BCUT2D eigenvalue weighted by Gasteiger charge is 2.34. The first-order valence-electron chi connectivity index (χ1n) is 14.5. The molecule has 3 atom stereocenters. The fourth-order valence-electron chi connectivity index (χ4n) is 5.16. The topological polar surface area (TPSA) is 122 Å². The van der Waals surface area contributed by atoms with E-state index in [4.69, 9.17) is 4.74 Å². The van der Waals surface area contributed by atoms with Gasteiger partial charge in [0.05, 0.1) is 18.4 Å². The van der Waals surface area contributed by atoms with Gasteiger partial charge in [0.2, 0.25) is 11.8 Å². The first-order chi connectivity index (χ1) is 21.9. The van der Waals surface area contributed by atoms with Gasteiger partial charge in [0.1, 0.15) is 15.8 Å². The molecule has 0 aliphatic heterocycles. The lowest BCUT2D eigenvalue weighted by molar-refractivity contribution is -0.146. The SMILES string of the molecule is CCOC(=O)c1c(-c2ccccc2)csc1NC(=O)C(Sc1cccc(NC(=O)C2CC=CCC2C(=O)O)c1)c1ccccc1. The van der Waals surface area contributed by atoms with Crippen molar-refractivity contribution in [3.05, 3.63) is 114 Å². The van der Waals surface area contributed by atoms with Gasteiger partial charge in [-0.3, -0.25) is 14.4 Å². The summed E-state index contributed by atoms with van der Waals surface area (Å²) in [6.07, 6.45) is 4.30. The van der Waals surface area contributed by atoms with Crippen molar-refractivity contribution < 1.29 is 29.0 Å². The quantitative estimate of drug-likeness (QED) is 0.0874. The maximum absolute atomic E-state index is 14.0. The lowest BCUT2D eigenvalue weighted by Crippen LogP contribution is -2.34. The predicted molar refractivity (Wildman–Crippen MR) is 177 cm³/mol. The monoisotopic (exact) mass is 640 g/mol. The number of nitrogens with one attached hydrogen (secondary N) is 2. The number of thiophene rings is 1. The van der Waals surface area contributed by atoms with E-state index in [1.165, 1.54) is 23.1 Å². The largest absolute Gasteiger partial charge is 0.481 e. The molecule has 1 heterocycles. The molecule has 0 fully saturated rings. The number of carbonyl (C=O) groups is 4. The van der Waals surface area contributed by atoms with Crippen molar-refractivity contribution in [3.8, 4) is 11.1 Å². The van der Waals surface area contributed by atoms with Gasteiger partial charge in [0.15, 0.2) is 0 Å². The summed E-state index contributed by atoms with van der Waals surface area (Å²) in [4.78, 5) is 52.5. The van der Waals surface area contributed by atoms with Crippen LogP contribution in [-0.4, -0.2) is 35.5 Å². The Labute approximate surface area is 269 Å². The second-order valence-corrected chi connectivity index (χ2v) is 12.4. The Kier molecular flexibility index (Phi) is 10.5. The summed E-state index contributed by atoms with van der Waals surface area (Å²) in [5.41, 5.74) is 3.08. The third-order valence-electron chi connectivity index (χ3n) is 7.37. The van der Waals surface area contributed by atoms with Crippen LogP contribution in [0.5, 0.6) is 0 Å². The lowest BCUT2D eigenvalue weighted by atomic mass is 9.82. The zero-order valence-corrected chi connectivity index (χ0v) is 26.1.